The van der Waals surface area contributed by atoms with Gasteiger partial charge in [0.05, 0.1) is 11.4 Å². The highest BCUT2D eigenvalue weighted by atomic mass is 32.2. The van der Waals surface area contributed by atoms with Crippen molar-refractivity contribution in [2.45, 2.75) is 84.8 Å². The highest BCUT2D eigenvalue weighted by molar-refractivity contribution is 7.99. The monoisotopic (exact) mass is 788 g/mol. The summed E-state index contributed by atoms with van der Waals surface area (Å²) in [4.78, 5) is 5.38. The Hall–Kier alpha value is -4.67. The third-order valence-electron chi connectivity index (χ3n) is 20.9. The molecule has 10 saturated carbocycles. The van der Waals surface area contributed by atoms with Gasteiger partial charge in [0.25, 0.3) is 0 Å². The van der Waals surface area contributed by atoms with E-state index in [0.29, 0.717) is 21.7 Å². The lowest BCUT2D eigenvalue weighted by Gasteiger charge is -2.45. The number of nitrogens with zero attached hydrogens (tertiary/aromatic N) is 2. The molecule has 1 aromatic heterocycles. The fourth-order valence-corrected chi connectivity index (χ4v) is 20.2. The van der Waals surface area contributed by atoms with Gasteiger partial charge in [-0.05, 0) is 215 Å². The first kappa shape index (κ1) is 31.2. The number of para-hydroxylation sites is 2. The van der Waals surface area contributed by atoms with Gasteiger partial charge in [-0.15, -0.1) is 0 Å². The van der Waals surface area contributed by atoms with Crippen LogP contribution in [0.25, 0.3) is 44.1 Å². The Morgan fingerprint density at radius 1 is 0.567 bits per heavy atom. The van der Waals surface area contributed by atoms with Crippen molar-refractivity contribution in [3.8, 4) is 22.3 Å². The number of anilines is 3. The van der Waals surface area contributed by atoms with Crippen LogP contribution in [0.1, 0.15) is 75.3 Å². The number of hydrogen-bond acceptors (Lipinski definition) is 2. The van der Waals surface area contributed by atoms with Gasteiger partial charge >= 0.3 is 6.85 Å². The second-order valence-corrected chi connectivity index (χ2v) is 23.6. The summed E-state index contributed by atoms with van der Waals surface area (Å²) in [6.45, 7) is 0.103. The van der Waals surface area contributed by atoms with Gasteiger partial charge in [0, 0.05) is 42.8 Å². The van der Waals surface area contributed by atoms with E-state index in [2.05, 4.69) is 125 Å². The molecule has 10 fully saturated rings. The minimum absolute atomic E-state index is 0.103. The van der Waals surface area contributed by atoms with Crippen LogP contribution in [-0.4, -0.2) is 11.3 Å². The summed E-state index contributed by atoms with van der Waals surface area (Å²) in [6.07, 6.45) is 14.8. The average Bonchev–Trinajstić information content (AvgIpc) is 4.15. The topological polar surface area (TPSA) is 8.17 Å². The molecule has 7 aromatic rings. The molecular weight excluding hydrogens is 744 g/mol. The molecule has 60 heavy (non-hydrogen) atoms. The summed E-state index contributed by atoms with van der Waals surface area (Å²) in [7, 11) is 0. The van der Waals surface area contributed by atoms with Gasteiger partial charge in [-0.2, -0.15) is 0 Å². The van der Waals surface area contributed by atoms with Gasteiger partial charge in [-0.3, -0.25) is 0 Å². The van der Waals surface area contributed by atoms with Crippen molar-refractivity contribution < 1.29 is 0 Å². The van der Waals surface area contributed by atoms with Crippen molar-refractivity contribution in [2.75, 3.05) is 4.90 Å². The van der Waals surface area contributed by atoms with Crippen LogP contribution in [0.3, 0.4) is 0 Å². The van der Waals surface area contributed by atoms with E-state index in [1.165, 1.54) is 134 Å². The minimum atomic E-state index is 0.103. The Morgan fingerprint density at radius 2 is 1.30 bits per heavy atom. The molecule has 0 radical (unpaired) electrons. The fraction of sp³-hybridized carbons (Fsp3) is 0.357. The van der Waals surface area contributed by atoms with E-state index in [1.807, 2.05) is 11.8 Å². The number of benzene rings is 6. The Labute approximate surface area is 355 Å². The van der Waals surface area contributed by atoms with E-state index >= 15 is 0 Å². The first-order valence-corrected chi connectivity index (χ1v) is 24.4. The van der Waals surface area contributed by atoms with Crippen LogP contribution < -0.4 is 15.8 Å². The molecular formula is C56H45BN2S. The van der Waals surface area contributed by atoms with Crippen LogP contribution >= 0.6 is 11.8 Å². The molecule has 288 valence electrons. The van der Waals surface area contributed by atoms with Gasteiger partial charge in [0.15, 0.2) is 0 Å². The molecule has 0 N–H and O–H groups in total. The summed E-state index contributed by atoms with van der Waals surface area (Å²) >= 11 is 1.95. The molecule has 10 unspecified atom stereocenters. The predicted octanol–water partition coefficient (Wildman–Crippen LogP) is 12.5. The maximum Gasteiger partial charge on any atom is 0.333 e. The highest BCUT2D eigenvalue weighted by Crippen LogP contribution is 2.84. The Bertz CT molecular complexity index is 3230. The second kappa shape index (κ2) is 9.53. The molecule has 3 aliphatic heterocycles. The van der Waals surface area contributed by atoms with Gasteiger partial charge < -0.3 is 9.38 Å². The molecule has 6 bridgehead atoms. The van der Waals surface area contributed by atoms with Crippen LogP contribution in [-0.2, 0) is 10.8 Å². The fourth-order valence-electron chi connectivity index (χ4n) is 19.1. The zero-order chi connectivity index (χ0) is 38.2. The van der Waals surface area contributed by atoms with Crippen molar-refractivity contribution in [3.05, 3.63) is 126 Å². The third-order valence-corrected chi connectivity index (χ3v) is 22.0. The molecule has 10 aliphatic carbocycles. The maximum atomic E-state index is 2.87. The molecule has 0 amide bonds. The third kappa shape index (κ3) is 3.15. The Balaban J connectivity index is 0.964. The maximum absolute atomic E-state index is 2.87. The van der Waals surface area contributed by atoms with Gasteiger partial charge in [-0.25, -0.2) is 0 Å². The van der Waals surface area contributed by atoms with E-state index < -0.39 is 0 Å². The van der Waals surface area contributed by atoms with Crippen molar-refractivity contribution in [1.29, 1.82) is 0 Å². The predicted molar refractivity (Wildman–Crippen MR) is 245 cm³/mol. The molecule has 2 nitrogen and oxygen atoms in total. The van der Waals surface area contributed by atoms with Crippen LogP contribution in [0.15, 0.2) is 125 Å². The number of fused-ring (bicyclic) bond motifs is 11. The van der Waals surface area contributed by atoms with Crippen LogP contribution in [0, 0.1) is 46.3 Å². The van der Waals surface area contributed by atoms with Crippen molar-refractivity contribution in [3.63, 3.8) is 0 Å². The number of aromatic nitrogens is 1. The van der Waals surface area contributed by atoms with E-state index in [9.17, 15) is 0 Å². The largest absolute Gasteiger partial charge is 0.375 e. The first-order valence-electron chi connectivity index (χ1n) is 23.6. The normalized spacial score (nSPS) is 37.1. The molecule has 6 aromatic carbocycles. The van der Waals surface area contributed by atoms with Crippen molar-refractivity contribution in [1.82, 2.24) is 4.48 Å². The van der Waals surface area contributed by atoms with Gasteiger partial charge in [0.1, 0.15) is 0 Å². The summed E-state index contributed by atoms with van der Waals surface area (Å²) in [6, 6.07) is 46.4. The standard InChI is InChI=1S/C56H45BN2S/c1-2-7-30(8-3-1)31-17-39-41-21-35(54-25-37-16-33-23-56(37,29-54)43(33)27-54)20-40-38-19-34(53-24-36-15-32-22-55(36,28-53)42(32)26-53)13-14-45(38)59(51(40)41)57-44-9-6-12-49-52(44)58(47(18-31)50(39)57)46-10-4-5-11-48(46)60-49/h1-14,17-21,32-33,36-37,42-43H,15-16,22-29H2. The van der Waals surface area contributed by atoms with Crippen LogP contribution in [0.4, 0.5) is 17.1 Å². The minimum Gasteiger partial charge on any atom is -0.375 e. The molecule has 4 heterocycles. The van der Waals surface area contributed by atoms with E-state index in [0.717, 1.165) is 35.5 Å². The molecule has 10 atom stereocenters. The Morgan fingerprint density at radius 3 is 2.08 bits per heavy atom. The summed E-state index contributed by atoms with van der Waals surface area (Å²) < 4.78 is 2.87. The summed E-state index contributed by atoms with van der Waals surface area (Å²) in [5.74, 6) is 5.98. The van der Waals surface area contributed by atoms with Crippen molar-refractivity contribution in [2.24, 2.45) is 46.3 Å². The van der Waals surface area contributed by atoms with E-state index in [-0.39, 0.29) is 6.85 Å². The SMILES string of the molecule is c1ccc(-c2cc3c4c(c2)N2c5ccccc5Sc5cccc(c52)B4n2c4ccc(C56CC7CC8CC7(C5)C8C6)cc4c4cc(C56CC7CC8CC7(C5)C8C6)cc-3c42)cc1. The molecule has 20 rings (SSSR count). The Kier molecular flexibility index (Phi) is 4.96. The zero-order valence-corrected chi connectivity index (χ0v) is 34.7. The van der Waals surface area contributed by atoms with E-state index in [4.69, 9.17) is 0 Å². The lowest BCUT2D eigenvalue weighted by atomic mass is 9.45. The molecule has 13 aliphatic rings. The van der Waals surface area contributed by atoms with Gasteiger partial charge in [0.2, 0.25) is 0 Å². The van der Waals surface area contributed by atoms with Gasteiger partial charge in [-0.1, -0.05) is 72.4 Å². The molecule has 2 spiro atoms. The highest BCUT2D eigenvalue weighted by Gasteiger charge is 2.77. The number of rotatable bonds is 3. The summed E-state index contributed by atoms with van der Waals surface area (Å²) in [5, 5.41) is 3.08. The van der Waals surface area contributed by atoms with E-state index in [1.54, 1.807) is 22.9 Å². The second-order valence-electron chi connectivity index (χ2n) is 22.5. The smallest absolute Gasteiger partial charge is 0.333 e. The zero-order valence-electron chi connectivity index (χ0n) is 33.9. The molecule has 4 heteroatoms. The van der Waals surface area contributed by atoms with Crippen molar-refractivity contribution >= 4 is 68.4 Å². The van der Waals surface area contributed by atoms with Crippen LogP contribution in [0.2, 0.25) is 0 Å². The average molecular weight is 789 g/mol. The first-order chi connectivity index (χ1) is 29.5. The lowest BCUT2D eigenvalue weighted by Crippen LogP contribution is -2.57. The number of hydrogen-bond donors (Lipinski definition) is 0. The van der Waals surface area contributed by atoms with Crippen LogP contribution in [0.5, 0.6) is 0 Å². The quantitative estimate of drug-likeness (QED) is 0.165. The lowest BCUT2D eigenvalue weighted by molar-refractivity contribution is 0.0381. The molecule has 0 saturated heterocycles. The summed E-state index contributed by atoms with van der Waals surface area (Å²) in [5.41, 5.74) is 20.9.